The Balaban J connectivity index is 1.68. The first-order chi connectivity index (χ1) is 13.6. The summed E-state index contributed by atoms with van der Waals surface area (Å²) in [5.74, 6) is 5.19. The summed E-state index contributed by atoms with van der Waals surface area (Å²) in [4.78, 5) is 19.6. The van der Waals surface area contributed by atoms with Crippen LogP contribution in [0.4, 0.5) is 9.18 Å². The van der Waals surface area contributed by atoms with Gasteiger partial charge in [-0.25, -0.2) is 9.78 Å². The first kappa shape index (κ1) is 18.0. The molecule has 1 amide bonds. The van der Waals surface area contributed by atoms with E-state index in [9.17, 15) is 9.18 Å². The third kappa shape index (κ3) is 3.80. The summed E-state index contributed by atoms with van der Waals surface area (Å²) < 4.78 is 19.8. The summed E-state index contributed by atoms with van der Waals surface area (Å²) in [6, 6.07) is 11.3. The molecular formula is C21H13ClFN3O2. The van der Waals surface area contributed by atoms with Gasteiger partial charge in [-0.3, -0.25) is 4.98 Å². The Hall–Kier alpha value is -3.43. The molecule has 7 heteroatoms. The predicted octanol–water partition coefficient (Wildman–Crippen LogP) is 4.19. The number of pyridine rings is 2. The van der Waals surface area contributed by atoms with Crippen molar-refractivity contribution < 1.29 is 13.9 Å². The van der Waals surface area contributed by atoms with Crippen LogP contribution in [0.25, 0.3) is 0 Å². The molecule has 3 aromatic rings. The number of nitrogens with one attached hydrogen (secondary N) is 1. The number of halogens is 2. The third-order valence-electron chi connectivity index (χ3n) is 4.22. The molecule has 1 aromatic carbocycles. The molecule has 0 bridgehead atoms. The number of amides is 1. The molecule has 1 fully saturated rings. The molecule has 0 radical (unpaired) electrons. The van der Waals surface area contributed by atoms with Gasteiger partial charge in [0.05, 0.1) is 0 Å². The molecular weight excluding hydrogens is 381 g/mol. The Kier molecular flexibility index (Phi) is 4.92. The topological polar surface area (TPSA) is 64.1 Å². The highest BCUT2D eigenvalue weighted by Crippen LogP contribution is 2.37. The van der Waals surface area contributed by atoms with Crippen molar-refractivity contribution in [1.82, 2.24) is 15.3 Å². The van der Waals surface area contributed by atoms with Gasteiger partial charge in [0.1, 0.15) is 6.04 Å². The standard InChI is InChI=1S/C21H13ClFN3O2/c22-16-7-5-15(6-8-16)19-18(26-21(27)28-19)17-10-14(12-25-20(17)23)4-3-13-2-1-9-24-11-13/h1-2,5-12,18-19H,(H,26,27)/t18-,19-/m1/s1. The molecule has 3 heterocycles. The van der Waals surface area contributed by atoms with E-state index in [4.69, 9.17) is 16.3 Å². The highest BCUT2D eigenvalue weighted by Gasteiger charge is 2.38. The SMILES string of the molecule is O=C1N[C@H](c2cc(C#Cc3cccnc3)cnc2F)[C@@H](c2ccc(Cl)cc2)O1. The molecule has 2 aromatic heterocycles. The highest BCUT2D eigenvalue weighted by atomic mass is 35.5. The van der Waals surface area contributed by atoms with Crippen molar-refractivity contribution in [3.63, 3.8) is 0 Å². The molecule has 28 heavy (non-hydrogen) atoms. The van der Waals surface area contributed by atoms with E-state index >= 15 is 0 Å². The molecule has 5 nitrogen and oxygen atoms in total. The van der Waals surface area contributed by atoms with E-state index in [1.54, 1.807) is 48.8 Å². The van der Waals surface area contributed by atoms with Gasteiger partial charge in [0.25, 0.3) is 0 Å². The van der Waals surface area contributed by atoms with E-state index in [2.05, 4.69) is 27.1 Å². The van der Waals surface area contributed by atoms with E-state index in [0.29, 0.717) is 16.1 Å². The lowest BCUT2D eigenvalue weighted by Crippen LogP contribution is -2.21. The zero-order valence-electron chi connectivity index (χ0n) is 14.4. The monoisotopic (exact) mass is 393 g/mol. The summed E-state index contributed by atoms with van der Waals surface area (Å²) in [7, 11) is 0. The number of carbonyl (C=O) groups is 1. The minimum atomic E-state index is -0.735. The lowest BCUT2D eigenvalue weighted by Gasteiger charge is -2.18. The molecule has 1 saturated heterocycles. The van der Waals surface area contributed by atoms with Crippen molar-refractivity contribution in [3.8, 4) is 11.8 Å². The molecule has 0 aliphatic carbocycles. The molecule has 4 rings (SSSR count). The Morgan fingerprint density at radius 2 is 1.89 bits per heavy atom. The molecule has 2 atom stereocenters. The number of ether oxygens (including phenoxy) is 1. The van der Waals surface area contributed by atoms with Crippen LogP contribution in [0.1, 0.15) is 34.4 Å². The fraction of sp³-hybridized carbons (Fsp3) is 0.0952. The minimum absolute atomic E-state index is 0.198. The molecule has 138 valence electrons. The number of aromatic nitrogens is 2. The lowest BCUT2D eigenvalue weighted by atomic mass is 9.96. The third-order valence-corrected chi connectivity index (χ3v) is 4.47. The van der Waals surface area contributed by atoms with Crippen molar-refractivity contribution in [3.05, 3.63) is 94.3 Å². The van der Waals surface area contributed by atoms with Crippen LogP contribution in [0.5, 0.6) is 0 Å². The fourth-order valence-corrected chi connectivity index (χ4v) is 3.03. The number of hydrogen-bond acceptors (Lipinski definition) is 4. The number of rotatable bonds is 2. The van der Waals surface area contributed by atoms with Gasteiger partial charge in [0, 0.05) is 40.3 Å². The molecule has 0 unspecified atom stereocenters. The maximum atomic E-state index is 14.5. The van der Waals surface area contributed by atoms with Crippen molar-refractivity contribution in [1.29, 1.82) is 0 Å². The van der Waals surface area contributed by atoms with Gasteiger partial charge < -0.3 is 10.1 Å². The Morgan fingerprint density at radius 1 is 1.11 bits per heavy atom. The van der Waals surface area contributed by atoms with Crippen molar-refractivity contribution >= 4 is 17.7 Å². The second-order valence-corrected chi connectivity index (χ2v) is 6.53. The number of alkyl carbamates (subject to hydrolysis) is 1. The number of benzene rings is 1. The normalized spacial score (nSPS) is 18.0. The minimum Gasteiger partial charge on any atom is -0.439 e. The van der Waals surface area contributed by atoms with Crippen molar-refractivity contribution in [2.75, 3.05) is 0 Å². The quantitative estimate of drug-likeness (QED) is 0.523. The molecule has 1 aliphatic rings. The van der Waals surface area contributed by atoms with Crippen LogP contribution in [-0.4, -0.2) is 16.1 Å². The Labute approximate surface area is 165 Å². The van der Waals surface area contributed by atoms with Gasteiger partial charge >= 0.3 is 6.09 Å². The summed E-state index contributed by atoms with van der Waals surface area (Å²) in [6.07, 6.45) is 3.30. The van der Waals surface area contributed by atoms with Gasteiger partial charge in [-0.1, -0.05) is 35.6 Å². The Bertz CT molecular complexity index is 1080. The van der Waals surface area contributed by atoms with E-state index in [-0.39, 0.29) is 5.56 Å². The highest BCUT2D eigenvalue weighted by molar-refractivity contribution is 6.30. The average Bonchev–Trinajstić information content (AvgIpc) is 3.10. The largest absolute Gasteiger partial charge is 0.439 e. The van der Waals surface area contributed by atoms with Crippen LogP contribution in [0.15, 0.2) is 61.1 Å². The van der Waals surface area contributed by atoms with Gasteiger partial charge in [-0.05, 0) is 35.9 Å². The van der Waals surface area contributed by atoms with Crippen LogP contribution < -0.4 is 5.32 Å². The summed E-state index contributed by atoms with van der Waals surface area (Å²) in [6.45, 7) is 0. The van der Waals surface area contributed by atoms with Gasteiger partial charge in [-0.2, -0.15) is 4.39 Å². The zero-order chi connectivity index (χ0) is 19.5. The number of nitrogens with zero attached hydrogens (tertiary/aromatic N) is 2. The predicted molar refractivity (Wildman–Crippen MR) is 101 cm³/mol. The second-order valence-electron chi connectivity index (χ2n) is 6.10. The summed E-state index contributed by atoms with van der Waals surface area (Å²) in [5, 5.41) is 3.20. The Morgan fingerprint density at radius 3 is 2.64 bits per heavy atom. The first-order valence-electron chi connectivity index (χ1n) is 8.40. The fourth-order valence-electron chi connectivity index (χ4n) is 2.91. The maximum absolute atomic E-state index is 14.5. The zero-order valence-corrected chi connectivity index (χ0v) is 15.2. The van der Waals surface area contributed by atoms with E-state index in [0.717, 1.165) is 5.56 Å². The molecule has 0 saturated carbocycles. The van der Waals surface area contributed by atoms with Crippen LogP contribution in [0.3, 0.4) is 0 Å². The van der Waals surface area contributed by atoms with Gasteiger partial charge in [-0.15, -0.1) is 0 Å². The van der Waals surface area contributed by atoms with E-state index < -0.39 is 24.2 Å². The molecule has 1 N–H and O–H groups in total. The molecule has 0 spiro atoms. The van der Waals surface area contributed by atoms with Gasteiger partial charge in [0.15, 0.2) is 6.10 Å². The first-order valence-corrected chi connectivity index (χ1v) is 8.78. The summed E-state index contributed by atoms with van der Waals surface area (Å²) in [5.41, 5.74) is 2.13. The van der Waals surface area contributed by atoms with E-state index in [1.807, 2.05) is 6.07 Å². The number of hydrogen-bond donors (Lipinski definition) is 1. The van der Waals surface area contributed by atoms with Crippen LogP contribution in [0.2, 0.25) is 5.02 Å². The van der Waals surface area contributed by atoms with Crippen LogP contribution in [-0.2, 0) is 4.74 Å². The van der Waals surface area contributed by atoms with Crippen LogP contribution >= 0.6 is 11.6 Å². The van der Waals surface area contributed by atoms with Gasteiger partial charge in [0.2, 0.25) is 5.95 Å². The number of carbonyl (C=O) groups excluding carboxylic acids is 1. The average molecular weight is 394 g/mol. The van der Waals surface area contributed by atoms with Crippen LogP contribution in [0, 0.1) is 17.8 Å². The van der Waals surface area contributed by atoms with E-state index in [1.165, 1.54) is 6.20 Å². The molecule has 1 aliphatic heterocycles. The second kappa shape index (κ2) is 7.67. The lowest BCUT2D eigenvalue weighted by molar-refractivity contribution is 0.131. The summed E-state index contributed by atoms with van der Waals surface area (Å²) >= 11 is 5.92. The van der Waals surface area contributed by atoms with Crippen molar-refractivity contribution in [2.24, 2.45) is 0 Å². The number of cyclic esters (lactones) is 1. The maximum Gasteiger partial charge on any atom is 0.408 e. The smallest absolute Gasteiger partial charge is 0.408 e. The van der Waals surface area contributed by atoms with Crippen molar-refractivity contribution in [2.45, 2.75) is 12.1 Å².